The first-order chi connectivity index (χ1) is 10.2. The Labute approximate surface area is 122 Å². The van der Waals surface area contributed by atoms with Gasteiger partial charge in [-0.15, -0.1) is 0 Å². The molecule has 0 fully saturated rings. The van der Waals surface area contributed by atoms with Crippen LogP contribution in [-0.4, -0.2) is 29.1 Å². The van der Waals surface area contributed by atoms with Crippen molar-refractivity contribution in [2.75, 3.05) is 6.61 Å². The maximum Gasteiger partial charge on any atom is 0.132 e. The zero-order valence-corrected chi connectivity index (χ0v) is 11.4. The third-order valence-corrected chi connectivity index (χ3v) is 4.23. The molecule has 1 aliphatic carbocycles. The van der Waals surface area contributed by atoms with Crippen LogP contribution in [0.3, 0.4) is 0 Å². The van der Waals surface area contributed by atoms with Gasteiger partial charge in [0.15, 0.2) is 0 Å². The SMILES string of the molecule is OCCc1ccc2c3c1C=NC=CC31C=CC(O)C=C1O2. The van der Waals surface area contributed by atoms with Crippen molar-refractivity contribution >= 4 is 6.21 Å². The van der Waals surface area contributed by atoms with Crippen LogP contribution in [0.5, 0.6) is 5.75 Å². The lowest BCUT2D eigenvalue weighted by Gasteiger charge is -2.26. The first kappa shape index (κ1) is 12.6. The minimum Gasteiger partial charge on any atom is -0.460 e. The Morgan fingerprint density at radius 1 is 1.29 bits per heavy atom. The van der Waals surface area contributed by atoms with Crippen LogP contribution in [0.2, 0.25) is 0 Å². The molecule has 0 bridgehead atoms. The smallest absolute Gasteiger partial charge is 0.132 e. The second kappa shape index (κ2) is 4.41. The lowest BCUT2D eigenvalue weighted by atomic mass is 9.74. The number of allylic oxidation sites excluding steroid dienone is 1. The van der Waals surface area contributed by atoms with Crippen molar-refractivity contribution in [3.8, 4) is 5.75 Å². The molecule has 0 aromatic heterocycles. The van der Waals surface area contributed by atoms with Gasteiger partial charge in [-0.25, -0.2) is 0 Å². The van der Waals surface area contributed by atoms with Gasteiger partial charge in [0, 0.05) is 30.1 Å². The van der Waals surface area contributed by atoms with E-state index < -0.39 is 11.5 Å². The van der Waals surface area contributed by atoms with E-state index in [4.69, 9.17) is 4.74 Å². The molecule has 4 rings (SSSR count). The predicted molar refractivity (Wildman–Crippen MR) is 79.5 cm³/mol. The third kappa shape index (κ3) is 1.66. The molecule has 0 saturated carbocycles. The van der Waals surface area contributed by atoms with Crippen molar-refractivity contribution in [1.29, 1.82) is 0 Å². The fraction of sp³-hybridized carbons (Fsp3) is 0.235. The Hall–Kier alpha value is -2.17. The van der Waals surface area contributed by atoms with Gasteiger partial charge in [-0.05, 0) is 30.2 Å². The number of benzene rings is 1. The van der Waals surface area contributed by atoms with Crippen LogP contribution >= 0.6 is 0 Å². The molecule has 2 unspecified atom stereocenters. The number of aliphatic hydroxyl groups excluding tert-OH is 2. The average Bonchev–Trinajstić information content (AvgIpc) is 2.66. The Balaban J connectivity index is 2.01. The highest BCUT2D eigenvalue weighted by molar-refractivity contribution is 5.89. The van der Waals surface area contributed by atoms with E-state index >= 15 is 0 Å². The van der Waals surface area contributed by atoms with Gasteiger partial charge in [0.25, 0.3) is 0 Å². The van der Waals surface area contributed by atoms with Gasteiger partial charge >= 0.3 is 0 Å². The fourth-order valence-electron chi connectivity index (χ4n) is 3.26. The summed E-state index contributed by atoms with van der Waals surface area (Å²) in [7, 11) is 0. The van der Waals surface area contributed by atoms with Crippen molar-refractivity contribution in [1.82, 2.24) is 0 Å². The summed E-state index contributed by atoms with van der Waals surface area (Å²) in [5.74, 6) is 1.51. The quantitative estimate of drug-likeness (QED) is 0.810. The van der Waals surface area contributed by atoms with E-state index in [0.29, 0.717) is 6.42 Å². The third-order valence-electron chi connectivity index (χ3n) is 4.23. The summed E-state index contributed by atoms with van der Waals surface area (Å²) in [6.07, 6.45) is 11.0. The van der Waals surface area contributed by atoms with Crippen molar-refractivity contribution in [3.63, 3.8) is 0 Å². The average molecular weight is 281 g/mol. The molecule has 2 N–H and O–H groups in total. The summed E-state index contributed by atoms with van der Waals surface area (Å²) in [4.78, 5) is 4.32. The molecule has 2 heterocycles. The van der Waals surface area contributed by atoms with Crippen molar-refractivity contribution in [3.05, 3.63) is 65.1 Å². The van der Waals surface area contributed by atoms with E-state index in [1.165, 1.54) is 0 Å². The molecule has 21 heavy (non-hydrogen) atoms. The molecular formula is C17H15NO3. The first-order valence-corrected chi connectivity index (χ1v) is 7.00. The van der Waals surface area contributed by atoms with E-state index in [-0.39, 0.29) is 6.61 Å². The number of rotatable bonds is 2. The Morgan fingerprint density at radius 3 is 3.05 bits per heavy atom. The van der Waals surface area contributed by atoms with E-state index in [2.05, 4.69) is 4.99 Å². The molecule has 3 aliphatic rings. The molecule has 0 amide bonds. The maximum absolute atomic E-state index is 9.81. The van der Waals surface area contributed by atoms with Crippen molar-refractivity contribution < 1.29 is 14.9 Å². The molecule has 1 aromatic rings. The Morgan fingerprint density at radius 2 is 2.19 bits per heavy atom. The summed E-state index contributed by atoms with van der Waals surface area (Å²) in [5.41, 5.74) is 2.59. The summed E-state index contributed by atoms with van der Waals surface area (Å²) < 4.78 is 5.96. The maximum atomic E-state index is 9.81. The number of hydrogen-bond donors (Lipinski definition) is 2. The Kier molecular flexibility index (Phi) is 2.64. The predicted octanol–water partition coefficient (Wildman–Crippen LogP) is 1.61. The first-order valence-electron chi connectivity index (χ1n) is 7.00. The number of aliphatic hydroxyl groups is 2. The van der Waals surface area contributed by atoms with Gasteiger partial charge in [0.1, 0.15) is 11.5 Å². The molecular weight excluding hydrogens is 266 g/mol. The van der Waals surface area contributed by atoms with Gasteiger partial charge in [0.2, 0.25) is 0 Å². The van der Waals surface area contributed by atoms with Gasteiger partial charge in [0.05, 0.1) is 11.5 Å². The molecule has 2 aliphatic heterocycles. The van der Waals surface area contributed by atoms with E-state index in [9.17, 15) is 10.2 Å². The zero-order valence-electron chi connectivity index (χ0n) is 11.4. The Bertz CT molecular complexity index is 730. The van der Waals surface area contributed by atoms with Crippen LogP contribution in [-0.2, 0) is 11.8 Å². The van der Waals surface area contributed by atoms with Crippen LogP contribution in [0.4, 0.5) is 0 Å². The second-order valence-electron chi connectivity index (χ2n) is 5.43. The summed E-state index contributed by atoms with van der Waals surface area (Å²) in [5, 5.41) is 19.1. The summed E-state index contributed by atoms with van der Waals surface area (Å²) >= 11 is 0. The minimum absolute atomic E-state index is 0.0954. The number of aliphatic imine (C=N–C) groups is 1. The number of hydrogen-bond acceptors (Lipinski definition) is 4. The largest absolute Gasteiger partial charge is 0.460 e. The summed E-state index contributed by atoms with van der Waals surface area (Å²) in [6.45, 7) is 0.0954. The zero-order chi connectivity index (χ0) is 14.4. The van der Waals surface area contributed by atoms with Crippen LogP contribution in [0, 0.1) is 0 Å². The number of ether oxygens (including phenoxy) is 1. The van der Waals surface area contributed by atoms with Crippen LogP contribution in [0.25, 0.3) is 0 Å². The molecule has 2 atom stereocenters. The topological polar surface area (TPSA) is 62.1 Å². The molecule has 4 heteroatoms. The highest BCUT2D eigenvalue weighted by atomic mass is 16.5. The van der Waals surface area contributed by atoms with E-state index in [1.807, 2.05) is 30.5 Å². The fourth-order valence-corrected chi connectivity index (χ4v) is 3.26. The van der Waals surface area contributed by atoms with Gasteiger partial charge in [-0.2, -0.15) is 0 Å². The molecule has 0 saturated heterocycles. The van der Waals surface area contributed by atoms with Gasteiger partial charge in [-0.1, -0.05) is 18.2 Å². The standard InChI is InChI=1S/C17H15NO3/c19-8-4-11-1-2-14-16-13(11)10-18-7-6-17(16)5-3-12(20)9-15(17)21-14/h1-3,5-7,9-10,12,19-20H,4,8H2. The van der Waals surface area contributed by atoms with E-state index in [1.54, 1.807) is 18.4 Å². The van der Waals surface area contributed by atoms with Gasteiger partial charge in [-0.3, -0.25) is 4.99 Å². The molecule has 1 spiro atoms. The minimum atomic E-state index is -0.627. The normalized spacial score (nSPS) is 27.7. The molecule has 106 valence electrons. The highest BCUT2D eigenvalue weighted by Crippen LogP contribution is 2.51. The van der Waals surface area contributed by atoms with Crippen LogP contribution in [0.15, 0.2) is 53.4 Å². The lowest BCUT2D eigenvalue weighted by molar-refractivity contribution is 0.257. The highest BCUT2D eigenvalue weighted by Gasteiger charge is 2.46. The summed E-state index contributed by atoms with van der Waals surface area (Å²) in [6, 6.07) is 3.89. The molecule has 1 aromatic carbocycles. The second-order valence-corrected chi connectivity index (χ2v) is 5.43. The molecule has 0 radical (unpaired) electrons. The van der Waals surface area contributed by atoms with E-state index in [0.717, 1.165) is 28.2 Å². The number of nitrogens with zero attached hydrogens (tertiary/aromatic N) is 1. The monoisotopic (exact) mass is 281 g/mol. The van der Waals surface area contributed by atoms with Crippen molar-refractivity contribution in [2.45, 2.75) is 17.9 Å². The lowest BCUT2D eigenvalue weighted by Crippen LogP contribution is -2.26. The molecule has 4 nitrogen and oxygen atoms in total. The van der Waals surface area contributed by atoms with Crippen LogP contribution in [0.1, 0.15) is 16.7 Å². The van der Waals surface area contributed by atoms with Gasteiger partial charge < -0.3 is 14.9 Å². The van der Waals surface area contributed by atoms with Crippen molar-refractivity contribution in [2.24, 2.45) is 4.99 Å². The van der Waals surface area contributed by atoms with Crippen LogP contribution < -0.4 is 4.74 Å².